The summed E-state index contributed by atoms with van der Waals surface area (Å²) in [6.07, 6.45) is 1.59. The van der Waals surface area contributed by atoms with E-state index in [9.17, 15) is 4.79 Å². The van der Waals surface area contributed by atoms with Crippen molar-refractivity contribution < 1.29 is 9.53 Å². The number of ether oxygens (including phenoxy) is 1. The molecule has 0 bridgehead atoms. The Kier molecular flexibility index (Phi) is 5.33. The Morgan fingerprint density at radius 3 is 2.64 bits per heavy atom. The Balaban J connectivity index is 1.59. The summed E-state index contributed by atoms with van der Waals surface area (Å²) in [6.45, 7) is 2.96. The number of imidazole rings is 1. The molecule has 0 aliphatic rings. The molecular weight excluding hydrogens is 314 g/mol. The number of para-hydroxylation sites is 2. The predicted molar refractivity (Wildman–Crippen MR) is 98.8 cm³/mol. The van der Waals surface area contributed by atoms with Crippen LogP contribution in [0.3, 0.4) is 0 Å². The summed E-state index contributed by atoms with van der Waals surface area (Å²) in [4.78, 5) is 16.9. The average Bonchev–Trinajstić information content (AvgIpc) is 3.00. The third kappa shape index (κ3) is 3.99. The SMILES string of the molecule is CCc1nc2ccccc2n1CC(=O)NCCc1ccc(OC)cc1. The van der Waals surface area contributed by atoms with E-state index in [-0.39, 0.29) is 5.91 Å². The molecule has 0 spiro atoms. The molecule has 1 heterocycles. The molecule has 25 heavy (non-hydrogen) atoms. The van der Waals surface area contributed by atoms with E-state index in [2.05, 4.69) is 17.2 Å². The second-order valence-electron chi connectivity index (χ2n) is 5.90. The topological polar surface area (TPSA) is 56.2 Å². The summed E-state index contributed by atoms with van der Waals surface area (Å²) in [5.41, 5.74) is 3.11. The minimum absolute atomic E-state index is 0.00589. The van der Waals surface area contributed by atoms with Crippen LogP contribution in [0.4, 0.5) is 0 Å². The molecule has 3 rings (SSSR count). The van der Waals surface area contributed by atoms with Gasteiger partial charge in [0.05, 0.1) is 18.1 Å². The van der Waals surface area contributed by atoms with Crippen molar-refractivity contribution in [3.8, 4) is 5.75 Å². The molecule has 0 saturated heterocycles. The molecule has 5 nitrogen and oxygen atoms in total. The predicted octanol–water partition coefficient (Wildman–Crippen LogP) is 2.97. The van der Waals surface area contributed by atoms with Gasteiger partial charge in [0, 0.05) is 13.0 Å². The van der Waals surface area contributed by atoms with E-state index in [4.69, 9.17) is 4.74 Å². The Morgan fingerprint density at radius 2 is 1.92 bits per heavy atom. The minimum Gasteiger partial charge on any atom is -0.497 e. The van der Waals surface area contributed by atoms with Crippen LogP contribution in [-0.4, -0.2) is 29.1 Å². The first kappa shape index (κ1) is 17.0. The van der Waals surface area contributed by atoms with E-state index in [1.807, 2.05) is 53.1 Å². The third-order valence-electron chi connectivity index (χ3n) is 4.25. The first-order chi connectivity index (χ1) is 12.2. The molecule has 130 valence electrons. The van der Waals surface area contributed by atoms with Gasteiger partial charge in [-0.05, 0) is 36.2 Å². The van der Waals surface area contributed by atoms with E-state index < -0.39 is 0 Å². The average molecular weight is 337 g/mol. The van der Waals surface area contributed by atoms with E-state index in [1.54, 1.807) is 7.11 Å². The third-order valence-corrected chi connectivity index (χ3v) is 4.25. The monoisotopic (exact) mass is 337 g/mol. The standard InChI is InChI=1S/C20H23N3O2/c1-3-19-22-17-6-4-5-7-18(17)23(19)14-20(24)21-13-12-15-8-10-16(25-2)11-9-15/h4-11H,3,12-14H2,1-2H3,(H,21,24). The van der Waals surface area contributed by atoms with Crippen LogP contribution >= 0.6 is 0 Å². The number of carbonyl (C=O) groups excluding carboxylic acids is 1. The molecule has 0 saturated carbocycles. The Hall–Kier alpha value is -2.82. The number of methoxy groups -OCH3 is 1. The normalized spacial score (nSPS) is 10.8. The lowest BCUT2D eigenvalue weighted by molar-refractivity contribution is -0.121. The highest BCUT2D eigenvalue weighted by Crippen LogP contribution is 2.16. The highest BCUT2D eigenvalue weighted by Gasteiger charge is 2.11. The fraction of sp³-hybridized carbons (Fsp3) is 0.300. The first-order valence-corrected chi connectivity index (χ1v) is 8.55. The van der Waals surface area contributed by atoms with Gasteiger partial charge in [-0.2, -0.15) is 0 Å². The highest BCUT2D eigenvalue weighted by atomic mass is 16.5. The van der Waals surface area contributed by atoms with Gasteiger partial charge in [-0.1, -0.05) is 31.2 Å². The number of aromatic nitrogens is 2. The maximum absolute atomic E-state index is 12.3. The van der Waals surface area contributed by atoms with E-state index in [0.29, 0.717) is 13.1 Å². The number of amides is 1. The Morgan fingerprint density at radius 1 is 1.16 bits per heavy atom. The molecular formula is C20H23N3O2. The summed E-state index contributed by atoms with van der Waals surface area (Å²) < 4.78 is 7.15. The number of nitrogens with one attached hydrogen (secondary N) is 1. The molecule has 2 aromatic carbocycles. The van der Waals surface area contributed by atoms with Crippen LogP contribution in [0.2, 0.25) is 0 Å². The van der Waals surface area contributed by atoms with Gasteiger partial charge >= 0.3 is 0 Å². The van der Waals surface area contributed by atoms with Crippen molar-refractivity contribution in [1.82, 2.24) is 14.9 Å². The highest BCUT2D eigenvalue weighted by molar-refractivity contribution is 5.81. The van der Waals surface area contributed by atoms with Crippen molar-refractivity contribution >= 4 is 16.9 Å². The molecule has 5 heteroatoms. The van der Waals surface area contributed by atoms with Crippen LogP contribution in [0.15, 0.2) is 48.5 Å². The van der Waals surface area contributed by atoms with E-state index >= 15 is 0 Å². The van der Waals surface area contributed by atoms with Crippen molar-refractivity contribution in [2.75, 3.05) is 13.7 Å². The molecule has 1 amide bonds. The zero-order valence-corrected chi connectivity index (χ0v) is 14.7. The van der Waals surface area contributed by atoms with Crippen LogP contribution < -0.4 is 10.1 Å². The number of hydrogen-bond donors (Lipinski definition) is 1. The van der Waals surface area contributed by atoms with Gasteiger partial charge in [0.25, 0.3) is 0 Å². The summed E-state index contributed by atoms with van der Waals surface area (Å²) in [5.74, 6) is 1.78. The molecule has 3 aromatic rings. The Bertz CT molecular complexity index is 853. The second-order valence-corrected chi connectivity index (χ2v) is 5.90. The van der Waals surface area contributed by atoms with Gasteiger partial charge in [0.1, 0.15) is 18.1 Å². The summed E-state index contributed by atoms with van der Waals surface area (Å²) in [7, 11) is 1.65. The lowest BCUT2D eigenvalue weighted by Crippen LogP contribution is -2.29. The van der Waals surface area contributed by atoms with Crippen LogP contribution in [0.5, 0.6) is 5.75 Å². The zero-order chi connectivity index (χ0) is 17.6. The minimum atomic E-state index is 0.00589. The number of rotatable bonds is 7. The molecule has 0 aliphatic heterocycles. The molecule has 0 aliphatic carbocycles. The van der Waals surface area contributed by atoms with Gasteiger partial charge in [0.15, 0.2) is 0 Å². The number of benzene rings is 2. The fourth-order valence-corrected chi connectivity index (χ4v) is 2.91. The van der Waals surface area contributed by atoms with E-state index in [1.165, 1.54) is 5.56 Å². The van der Waals surface area contributed by atoms with Gasteiger partial charge in [-0.25, -0.2) is 4.98 Å². The van der Waals surface area contributed by atoms with Crippen molar-refractivity contribution in [3.05, 3.63) is 59.9 Å². The molecule has 1 aromatic heterocycles. The van der Waals surface area contributed by atoms with Crippen LogP contribution in [-0.2, 0) is 24.2 Å². The number of nitrogens with zero attached hydrogens (tertiary/aromatic N) is 2. The van der Waals surface area contributed by atoms with Crippen molar-refractivity contribution in [2.24, 2.45) is 0 Å². The van der Waals surface area contributed by atoms with E-state index in [0.717, 1.165) is 35.4 Å². The summed E-state index contributed by atoms with van der Waals surface area (Å²) in [5, 5.41) is 3.00. The first-order valence-electron chi connectivity index (χ1n) is 8.55. The van der Waals surface area contributed by atoms with Gasteiger partial charge < -0.3 is 14.6 Å². The number of carbonyl (C=O) groups is 1. The maximum Gasteiger partial charge on any atom is 0.240 e. The molecule has 1 N–H and O–H groups in total. The quantitative estimate of drug-likeness (QED) is 0.721. The van der Waals surface area contributed by atoms with Crippen molar-refractivity contribution in [1.29, 1.82) is 0 Å². The maximum atomic E-state index is 12.3. The largest absolute Gasteiger partial charge is 0.497 e. The molecule has 0 unspecified atom stereocenters. The van der Waals surface area contributed by atoms with Crippen molar-refractivity contribution in [2.45, 2.75) is 26.3 Å². The lowest BCUT2D eigenvalue weighted by Gasteiger charge is -2.09. The van der Waals surface area contributed by atoms with Gasteiger partial charge in [-0.15, -0.1) is 0 Å². The summed E-state index contributed by atoms with van der Waals surface area (Å²) in [6, 6.07) is 15.8. The lowest BCUT2D eigenvalue weighted by atomic mass is 10.1. The number of hydrogen-bond acceptors (Lipinski definition) is 3. The second kappa shape index (κ2) is 7.83. The Labute approximate surface area is 147 Å². The van der Waals surface area contributed by atoms with Crippen LogP contribution in [0.25, 0.3) is 11.0 Å². The number of fused-ring (bicyclic) bond motifs is 1. The number of aryl methyl sites for hydroxylation is 1. The van der Waals surface area contributed by atoms with Crippen LogP contribution in [0.1, 0.15) is 18.3 Å². The molecule has 0 radical (unpaired) electrons. The molecule has 0 atom stereocenters. The van der Waals surface area contributed by atoms with Crippen molar-refractivity contribution in [3.63, 3.8) is 0 Å². The summed E-state index contributed by atoms with van der Waals surface area (Å²) >= 11 is 0. The van der Waals surface area contributed by atoms with Crippen LogP contribution in [0, 0.1) is 0 Å². The fourth-order valence-electron chi connectivity index (χ4n) is 2.91. The zero-order valence-electron chi connectivity index (χ0n) is 14.7. The van der Waals surface area contributed by atoms with Gasteiger partial charge in [0.2, 0.25) is 5.91 Å². The van der Waals surface area contributed by atoms with Gasteiger partial charge in [-0.3, -0.25) is 4.79 Å². The molecule has 0 fully saturated rings. The smallest absolute Gasteiger partial charge is 0.240 e.